The molecule has 0 saturated carbocycles. The largest absolute Gasteiger partial charge is 0.493 e. The van der Waals surface area contributed by atoms with E-state index in [0.29, 0.717) is 24.7 Å². The van der Waals surface area contributed by atoms with E-state index in [0.717, 1.165) is 12.0 Å². The Balaban J connectivity index is 2.72. The van der Waals surface area contributed by atoms with E-state index in [1.54, 1.807) is 26.4 Å². The van der Waals surface area contributed by atoms with Crippen LogP contribution in [0.3, 0.4) is 0 Å². The van der Waals surface area contributed by atoms with Crippen molar-refractivity contribution in [3.63, 3.8) is 0 Å². The van der Waals surface area contributed by atoms with Crippen molar-refractivity contribution < 1.29 is 19.3 Å². The smallest absolute Gasteiger partial charge is 0.162 e. The SMILES string of the molecule is COCCCOc1cc(C#CCO)ccc1OC. The fraction of sp³-hybridized carbons (Fsp3) is 0.429. The summed E-state index contributed by atoms with van der Waals surface area (Å²) in [4.78, 5) is 0. The van der Waals surface area contributed by atoms with Crippen molar-refractivity contribution >= 4 is 0 Å². The van der Waals surface area contributed by atoms with Crippen LogP contribution in [0.1, 0.15) is 12.0 Å². The highest BCUT2D eigenvalue weighted by atomic mass is 16.5. The lowest BCUT2D eigenvalue weighted by Crippen LogP contribution is -2.02. The Kier molecular flexibility index (Phi) is 6.70. The van der Waals surface area contributed by atoms with Crippen LogP contribution in [-0.4, -0.2) is 39.1 Å². The van der Waals surface area contributed by atoms with Crippen molar-refractivity contribution in [3.8, 4) is 23.3 Å². The predicted octanol–water partition coefficient (Wildman–Crippen LogP) is 1.45. The van der Waals surface area contributed by atoms with Crippen LogP contribution in [0.25, 0.3) is 0 Å². The maximum absolute atomic E-state index is 8.65. The molecule has 0 fully saturated rings. The van der Waals surface area contributed by atoms with E-state index in [-0.39, 0.29) is 6.61 Å². The zero-order valence-corrected chi connectivity index (χ0v) is 10.7. The van der Waals surface area contributed by atoms with Crippen LogP contribution < -0.4 is 9.47 Å². The van der Waals surface area contributed by atoms with E-state index in [4.69, 9.17) is 19.3 Å². The number of aliphatic hydroxyl groups is 1. The molecule has 0 aliphatic carbocycles. The van der Waals surface area contributed by atoms with Gasteiger partial charge in [-0.25, -0.2) is 0 Å². The van der Waals surface area contributed by atoms with Crippen molar-refractivity contribution in [3.05, 3.63) is 23.8 Å². The number of aliphatic hydroxyl groups excluding tert-OH is 1. The first-order chi connectivity index (χ1) is 8.81. The predicted molar refractivity (Wildman–Crippen MR) is 68.9 cm³/mol. The Morgan fingerprint density at radius 2 is 2.00 bits per heavy atom. The first kappa shape index (κ1) is 14.4. The van der Waals surface area contributed by atoms with Crippen molar-refractivity contribution in [1.82, 2.24) is 0 Å². The van der Waals surface area contributed by atoms with Gasteiger partial charge in [-0.15, -0.1) is 0 Å². The average molecular weight is 250 g/mol. The third kappa shape index (κ3) is 4.66. The van der Waals surface area contributed by atoms with E-state index < -0.39 is 0 Å². The maximum Gasteiger partial charge on any atom is 0.162 e. The summed E-state index contributed by atoms with van der Waals surface area (Å²) >= 11 is 0. The number of ether oxygens (including phenoxy) is 3. The molecule has 1 aromatic rings. The van der Waals surface area contributed by atoms with Gasteiger partial charge in [0.05, 0.1) is 13.7 Å². The van der Waals surface area contributed by atoms with Gasteiger partial charge in [-0.05, 0) is 18.2 Å². The zero-order valence-electron chi connectivity index (χ0n) is 10.7. The Morgan fingerprint density at radius 1 is 1.17 bits per heavy atom. The second-order valence-corrected chi connectivity index (χ2v) is 3.52. The number of rotatable bonds is 6. The van der Waals surface area contributed by atoms with Gasteiger partial charge in [0.2, 0.25) is 0 Å². The molecule has 0 aliphatic heterocycles. The van der Waals surface area contributed by atoms with Gasteiger partial charge in [0.25, 0.3) is 0 Å². The van der Waals surface area contributed by atoms with Crippen LogP contribution in [0.4, 0.5) is 0 Å². The van der Waals surface area contributed by atoms with Gasteiger partial charge in [-0.1, -0.05) is 11.8 Å². The highest BCUT2D eigenvalue weighted by molar-refractivity contribution is 5.48. The quantitative estimate of drug-likeness (QED) is 0.613. The number of hydrogen-bond acceptors (Lipinski definition) is 4. The van der Waals surface area contributed by atoms with Gasteiger partial charge < -0.3 is 19.3 Å². The summed E-state index contributed by atoms with van der Waals surface area (Å²) in [5, 5.41) is 8.65. The molecule has 1 rings (SSSR count). The van der Waals surface area contributed by atoms with Gasteiger partial charge in [-0.3, -0.25) is 0 Å². The second-order valence-electron chi connectivity index (χ2n) is 3.52. The highest BCUT2D eigenvalue weighted by Crippen LogP contribution is 2.27. The van der Waals surface area contributed by atoms with Gasteiger partial charge in [0, 0.05) is 25.7 Å². The van der Waals surface area contributed by atoms with Crippen molar-refractivity contribution in [1.29, 1.82) is 0 Å². The van der Waals surface area contributed by atoms with E-state index in [1.165, 1.54) is 0 Å². The van der Waals surface area contributed by atoms with Crippen LogP contribution >= 0.6 is 0 Å². The lowest BCUT2D eigenvalue weighted by atomic mass is 10.2. The third-order valence-electron chi connectivity index (χ3n) is 2.23. The van der Waals surface area contributed by atoms with Crippen LogP contribution in [0.5, 0.6) is 11.5 Å². The molecule has 0 unspecified atom stereocenters. The third-order valence-corrected chi connectivity index (χ3v) is 2.23. The van der Waals surface area contributed by atoms with Gasteiger partial charge in [0.15, 0.2) is 11.5 Å². The molecule has 1 N–H and O–H groups in total. The Labute approximate surface area is 107 Å². The molecule has 0 spiro atoms. The zero-order chi connectivity index (χ0) is 13.2. The molecule has 0 aromatic heterocycles. The molecule has 4 heteroatoms. The molecule has 0 aliphatic rings. The molecule has 0 saturated heterocycles. The summed E-state index contributed by atoms with van der Waals surface area (Å²) in [6.07, 6.45) is 0.812. The summed E-state index contributed by atoms with van der Waals surface area (Å²) in [5.41, 5.74) is 0.784. The first-order valence-corrected chi connectivity index (χ1v) is 5.71. The van der Waals surface area contributed by atoms with Crippen molar-refractivity contribution in [2.24, 2.45) is 0 Å². The van der Waals surface area contributed by atoms with E-state index in [9.17, 15) is 0 Å². The summed E-state index contributed by atoms with van der Waals surface area (Å²) in [7, 11) is 3.25. The molecule has 4 nitrogen and oxygen atoms in total. The van der Waals surface area contributed by atoms with E-state index in [1.807, 2.05) is 6.07 Å². The maximum atomic E-state index is 8.65. The molecule has 18 heavy (non-hydrogen) atoms. The fourth-order valence-electron chi connectivity index (χ4n) is 1.39. The summed E-state index contributed by atoms with van der Waals surface area (Å²) < 4.78 is 15.8. The summed E-state index contributed by atoms with van der Waals surface area (Å²) in [6.45, 7) is 1.06. The minimum absolute atomic E-state index is 0.157. The van der Waals surface area contributed by atoms with Crippen LogP contribution in [-0.2, 0) is 4.74 Å². The van der Waals surface area contributed by atoms with Crippen LogP contribution in [0.2, 0.25) is 0 Å². The molecular weight excluding hydrogens is 232 g/mol. The Morgan fingerprint density at radius 3 is 2.67 bits per heavy atom. The first-order valence-electron chi connectivity index (χ1n) is 5.71. The molecule has 0 amide bonds. The second kappa shape index (κ2) is 8.40. The van der Waals surface area contributed by atoms with Crippen molar-refractivity contribution in [2.75, 3.05) is 34.0 Å². The average Bonchev–Trinajstić information content (AvgIpc) is 2.41. The van der Waals surface area contributed by atoms with Gasteiger partial charge >= 0.3 is 0 Å². The van der Waals surface area contributed by atoms with Crippen molar-refractivity contribution in [2.45, 2.75) is 6.42 Å². The highest BCUT2D eigenvalue weighted by Gasteiger charge is 2.04. The molecular formula is C14H18O4. The van der Waals surface area contributed by atoms with E-state index >= 15 is 0 Å². The molecule has 0 heterocycles. The fourth-order valence-corrected chi connectivity index (χ4v) is 1.39. The topological polar surface area (TPSA) is 47.9 Å². The van der Waals surface area contributed by atoms with Gasteiger partial charge in [0.1, 0.15) is 6.61 Å². The van der Waals surface area contributed by atoms with E-state index in [2.05, 4.69) is 11.8 Å². The summed E-state index contributed by atoms with van der Waals surface area (Å²) in [5.74, 6) is 6.74. The minimum Gasteiger partial charge on any atom is -0.493 e. The Bertz CT molecular complexity index is 418. The summed E-state index contributed by atoms with van der Waals surface area (Å²) in [6, 6.07) is 5.42. The van der Waals surface area contributed by atoms with Crippen LogP contribution in [0.15, 0.2) is 18.2 Å². The normalized spacial score (nSPS) is 9.50. The lowest BCUT2D eigenvalue weighted by Gasteiger charge is -2.10. The molecule has 0 bridgehead atoms. The van der Waals surface area contributed by atoms with Crippen LogP contribution in [0, 0.1) is 11.8 Å². The standard InChI is InChI=1S/C14H18O4/c1-16-9-4-10-18-14-11-12(5-3-8-15)6-7-13(14)17-2/h6-7,11,15H,4,8-10H2,1-2H3. The lowest BCUT2D eigenvalue weighted by molar-refractivity contribution is 0.170. The molecule has 0 radical (unpaired) electrons. The minimum atomic E-state index is -0.157. The molecule has 98 valence electrons. The Hall–Kier alpha value is -1.70. The molecule has 0 atom stereocenters. The monoisotopic (exact) mass is 250 g/mol. The number of hydrogen-bond donors (Lipinski definition) is 1. The molecule has 1 aromatic carbocycles. The van der Waals surface area contributed by atoms with Gasteiger partial charge in [-0.2, -0.15) is 0 Å². The number of benzene rings is 1. The number of methoxy groups -OCH3 is 2.